The normalized spacial score (nSPS) is 29.4. The van der Waals surface area contributed by atoms with Gasteiger partial charge in [0.05, 0.1) is 0 Å². The fourth-order valence-electron chi connectivity index (χ4n) is 6.73. The number of rotatable bonds is 8. The lowest BCUT2D eigenvalue weighted by Crippen LogP contribution is -2.17. The van der Waals surface area contributed by atoms with E-state index in [1.165, 1.54) is 74.6 Å². The highest BCUT2D eigenvalue weighted by Crippen LogP contribution is 2.46. The lowest BCUT2D eigenvalue weighted by Gasteiger charge is -2.25. The van der Waals surface area contributed by atoms with Crippen LogP contribution in [0.3, 0.4) is 0 Å². The maximum absolute atomic E-state index is 7.46. The van der Waals surface area contributed by atoms with Crippen LogP contribution in [0.2, 0.25) is 0 Å². The maximum atomic E-state index is 7.46. The fraction of sp³-hybridized carbons (Fsp3) is 0.567. The number of benzene rings is 2. The first-order valence-corrected chi connectivity index (χ1v) is 13.3. The molecule has 2 fully saturated rings. The molecular weight excluding hydrogens is 404 g/mol. The van der Waals surface area contributed by atoms with E-state index in [4.69, 9.17) is 10.1 Å². The van der Waals surface area contributed by atoms with Crippen molar-refractivity contribution < 1.29 is 4.74 Å². The van der Waals surface area contributed by atoms with E-state index in [1.54, 1.807) is 6.21 Å². The molecule has 0 bridgehead atoms. The van der Waals surface area contributed by atoms with Gasteiger partial charge in [-0.1, -0.05) is 42.8 Å². The third kappa shape index (κ3) is 5.69. The second-order valence-electron chi connectivity index (χ2n) is 10.8. The van der Waals surface area contributed by atoms with Gasteiger partial charge in [0.2, 0.25) is 0 Å². The lowest BCUT2D eigenvalue weighted by atomic mass is 9.88. The SMILES string of the molecule is N=CCC1CCC(CC2Cc3ccccc3C2Oc2cccc(CC3CCCNCC3)c2)C1. The zero-order valence-electron chi connectivity index (χ0n) is 20.0. The van der Waals surface area contributed by atoms with Gasteiger partial charge in [0, 0.05) is 5.92 Å². The topological polar surface area (TPSA) is 45.1 Å². The lowest BCUT2D eigenvalue weighted by molar-refractivity contribution is 0.131. The highest BCUT2D eigenvalue weighted by molar-refractivity contribution is 5.53. The van der Waals surface area contributed by atoms with Crippen LogP contribution in [0.25, 0.3) is 0 Å². The Kier molecular flexibility index (Phi) is 7.46. The van der Waals surface area contributed by atoms with E-state index in [0.717, 1.165) is 42.9 Å². The fourth-order valence-corrected chi connectivity index (χ4v) is 6.73. The number of hydrogen-bond acceptors (Lipinski definition) is 3. The summed E-state index contributed by atoms with van der Waals surface area (Å²) in [5.41, 5.74) is 4.30. The molecule has 1 saturated heterocycles. The standard InChI is InChI=1S/C30H40N2O/c31-14-12-23-10-11-25(18-23)19-27-21-26-7-1-2-9-29(26)30(27)33-28-8-3-5-24(20-28)17-22-6-4-15-32-16-13-22/h1-3,5,7-9,14,20,22-23,25,27,30-32H,4,6,10-13,15-19,21H2. The van der Waals surface area contributed by atoms with Crippen LogP contribution in [0.1, 0.15) is 74.2 Å². The van der Waals surface area contributed by atoms with Gasteiger partial charge in [-0.15, -0.1) is 0 Å². The summed E-state index contributed by atoms with van der Waals surface area (Å²) in [4.78, 5) is 0. The zero-order chi connectivity index (χ0) is 22.5. The van der Waals surface area contributed by atoms with Crippen LogP contribution in [0, 0.1) is 29.1 Å². The summed E-state index contributed by atoms with van der Waals surface area (Å²) in [6.45, 7) is 2.33. The smallest absolute Gasteiger partial charge is 0.127 e. The molecule has 1 aliphatic heterocycles. The summed E-state index contributed by atoms with van der Waals surface area (Å²) >= 11 is 0. The molecule has 1 saturated carbocycles. The van der Waals surface area contributed by atoms with Crippen molar-refractivity contribution in [3.05, 3.63) is 65.2 Å². The molecule has 33 heavy (non-hydrogen) atoms. The molecule has 5 rings (SSSR count). The summed E-state index contributed by atoms with van der Waals surface area (Å²) in [6.07, 6.45) is 14.1. The average Bonchev–Trinajstić information content (AvgIpc) is 3.30. The number of nitrogens with one attached hydrogen (secondary N) is 2. The van der Waals surface area contributed by atoms with E-state index < -0.39 is 0 Å². The Balaban J connectivity index is 1.28. The van der Waals surface area contributed by atoms with Crippen molar-refractivity contribution in [3.8, 4) is 5.75 Å². The molecule has 5 atom stereocenters. The largest absolute Gasteiger partial charge is 0.485 e. The van der Waals surface area contributed by atoms with Crippen molar-refractivity contribution in [2.75, 3.05) is 13.1 Å². The molecule has 1 heterocycles. The molecule has 2 N–H and O–H groups in total. The maximum Gasteiger partial charge on any atom is 0.127 e. The average molecular weight is 445 g/mol. The van der Waals surface area contributed by atoms with E-state index in [0.29, 0.717) is 5.92 Å². The van der Waals surface area contributed by atoms with Crippen molar-refractivity contribution in [2.24, 2.45) is 23.7 Å². The Labute approximate surface area is 199 Å². The van der Waals surface area contributed by atoms with E-state index in [1.807, 2.05) is 0 Å². The summed E-state index contributed by atoms with van der Waals surface area (Å²) < 4.78 is 6.81. The molecule has 3 nitrogen and oxygen atoms in total. The Morgan fingerprint density at radius 1 is 0.939 bits per heavy atom. The zero-order valence-corrected chi connectivity index (χ0v) is 20.0. The van der Waals surface area contributed by atoms with Crippen molar-refractivity contribution in [1.82, 2.24) is 5.32 Å². The van der Waals surface area contributed by atoms with Gasteiger partial charge in [0.1, 0.15) is 11.9 Å². The van der Waals surface area contributed by atoms with Gasteiger partial charge in [0.25, 0.3) is 0 Å². The third-order valence-electron chi connectivity index (χ3n) is 8.39. The summed E-state index contributed by atoms with van der Waals surface area (Å²) in [7, 11) is 0. The van der Waals surface area contributed by atoms with Crippen molar-refractivity contribution in [2.45, 2.75) is 70.3 Å². The summed E-state index contributed by atoms with van der Waals surface area (Å²) in [6, 6.07) is 17.9. The monoisotopic (exact) mass is 444 g/mol. The van der Waals surface area contributed by atoms with Gasteiger partial charge >= 0.3 is 0 Å². The molecule has 0 spiro atoms. The second-order valence-corrected chi connectivity index (χ2v) is 10.8. The van der Waals surface area contributed by atoms with Crippen LogP contribution in [0.4, 0.5) is 0 Å². The van der Waals surface area contributed by atoms with Crippen LogP contribution < -0.4 is 10.1 Å². The minimum atomic E-state index is 0.167. The molecule has 5 unspecified atom stereocenters. The molecule has 0 aromatic heterocycles. The molecule has 2 aromatic carbocycles. The minimum absolute atomic E-state index is 0.167. The first kappa shape index (κ1) is 22.7. The molecule has 3 heteroatoms. The van der Waals surface area contributed by atoms with Gasteiger partial charge in [0.15, 0.2) is 0 Å². The van der Waals surface area contributed by atoms with Crippen molar-refractivity contribution >= 4 is 6.21 Å². The Hall–Kier alpha value is -2.13. The highest BCUT2D eigenvalue weighted by Gasteiger charge is 2.37. The Bertz CT molecular complexity index is 917. The molecule has 2 aliphatic carbocycles. The summed E-state index contributed by atoms with van der Waals surface area (Å²) in [5, 5.41) is 11.0. The third-order valence-corrected chi connectivity index (χ3v) is 8.39. The molecule has 3 aliphatic rings. The van der Waals surface area contributed by atoms with Gasteiger partial charge in [-0.05, 0) is 124 Å². The number of fused-ring (bicyclic) bond motifs is 1. The second kappa shape index (κ2) is 10.9. The van der Waals surface area contributed by atoms with Crippen LogP contribution >= 0.6 is 0 Å². The molecule has 0 radical (unpaired) electrons. The van der Waals surface area contributed by atoms with E-state index in [2.05, 4.69) is 53.8 Å². The molecule has 2 aromatic rings. The Morgan fingerprint density at radius 3 is 2.79 bits per heavy atom. The number of ether oxygens (including phenoxy) is 1. The van der Waals surface area contributed by atoms with Crippen LogP contribution in [-0.4, -0.2) is 19.3 Å². The minimum Gasteiger partial charge on any atom is -0.485 e. The quantitative estimate of drug-likeness (QED) is 0.442. The van der Waals surface area contributed by atoms with Gasteiger partial charge in [-0.25, -0.2) is 0 Å². The van der Waals surface area contributed by atoms with E-state index >= 15 is 0 Å². The first-order valence-electron chi connectivity index (χ1n) is 13.3. The van der Waals surface area contributed by atoms with Gasteiger partial charge in [-0.2, -0.15) is 0 Å². The van der Waals surface area contributed by atoms with Crippen LogP contribution in [0.15, 0.2) is 48.5 Å². The van der Waals surface area contributed by atoms with E-state index in [9.17, 15) is 0 Å². The van der Waals surface area contributed by atoms with Gasteiger partial charge in [-0.3, -0.25) is 0 Å². The van der Waals surface area contributed by atoms with Gasteiger partial charge < -0.3 is 15.5 Å². The van der Waals surface area contributed by atoms with Crippen LogP contribution in [-0.2, 0) is 12.8 Å². The van der Waals surface area contributed by atoms with Crippen molar-refractivity contribution in [3.63, 3.8) is 0 Å². The number of hydrogen-bond donors (Lipinski definition) is 2. The highest BCUT2D eigenvalue weighted by atomic mass is 16.5. The molecule has 176 valence electrons. The first-order chi connectivity index (χ1) is 16.3. The molecular formula is C30H40N2O. The summed E-state index contributed by atoms with van der Waals surface area (Å²) in [5.74, 6) is 3.90. The molecule has 0 amide bonds. The van der Waals surface area contributed by atoms with Crippen LogP contribution in [0.5, 0.6) is 5.75 Å². The predicted molar refractivity (Wildman–Crippen MR) is 136 cm³/mol. The van der Waals surface area contributed by atoms with E-state index in [-0.39, 0.29) is 6.10 Å². The Morgan fingerprint density at radius 2 is 1.85 bits per heavy atom. The predicted octanol–water partition coefficient (Wildman–Crippen LogP) is 6.76. The van der Waals surface area contributed by atoms with Crippen molar-refractivity contribution in [1.29, 1.82) is 5.41 Å².